The number of rotatable bonds is 5. The zero-order chi connectivity index (χ0) is 9.53. The Morgan fingerprint density at radius 2 is 1.69 bits per heavy atom. The second-order valence-electron chi connectivity index (χ2n) is 3.00. The van der Waals surface area contributed by atoms with E-state index >= 15 is 0 Å². The lowest BCUT2D eigenvalue weighted by molar-refractivity contribution is -0.113. The van der Waals surface area contributed by atoms with Gasteiger partial charge in [0, 0.05) is 0 Å². The third-order valence-corrected chi connectivity index (χ3v) is 2.33. The van der Waals surface area contributed by atoms with Crippen molar-refractivity contribution < 1.29 is 24.3 Å². The lowest BCUT2D eigenvalue weighted by atomic mass is 10.1. The fraction of sp³-hybridized carbons (Fsp3) is 0.833. The van der Waals surface area contributed by atoms with Gasteiger partial charge in [0.05, 0.1) is 18.7 Å². The third kappa shape index (κ3) is 2.12. The molecule has 2 saturated heterocycles. The summed E-state index contributed by atoms with van der Waals surface area (Å²) in [5, 5.41) is -0.539. The third-order valence-electron chi connectivity index (χ3n) is 1.79. The summed E-state index contributed by atoms with van der Waals surface area (Å²) in [5.41, 5.74) is 0. The summed E-state index contributed by atoms with van der Waals surface area (Å²) in [6, 6.07) is 0. The smallest absolute Gasteiger partial charge is 0.252 e. The van der Waals surface area contributed by atoms with E-state index in [-0.39, 0.29) is 18.7 Å². The first-order chi connectivity index (χ1) is 6.10. The molecule has 2 aliphatic rings. The van der Waals surface area contributed by atoms with Gasteiger partial charge >= 0.3 is 0 Å². The van der Waals surface area contributed by atoms with E-state index in [9.17, 15) is 4.79 Å². The Hall–Kier alpha value is 0.0900. The van der Waals surface area contributed by atoms with Gasteiger partial charge in [0.15, 0.2) is 0 Å². The number of hydrogen-bond acceptors (Lipinski definition) is 5. The quantitative estimate of drug-likeness (QED) is 0.305. The first kappa shape index (κ1) is 9.64. The van der Waals surface area contributed by atoms with Crippen LogP contribution in [0.15, 0.2) is 0 Å². The zero-order valence-corrected chi connectivity index (χ0v) is 7.93. The Kier molecular flexibility index (Phi) is 2.26. The van der Waals surface area contributed by atoms with Gasteiger partial charge in [-0.15, -0.1) is 11.6 Å². The van der Waals surface area contributed by atoms with Crippen LogP contribution in [0.1, 0.15) is 12.8 Å². The van der Waals surface area contributed by atoms with Crippen LogP contribution in [0.4, 0.5) is 0 Å². The predicted octanol–water partition coefficient (Wildman–Crippen LogP) is 1.09. The molecular formula is C6H6Cl2O5. The first-order valence-electron chi connectivity index (χ1n) is 3.58. The average molecular weight is 229 g/mol. The van der Waals surface area contributed by atoms with E-state index in [1.165, 1.54) is 0 Å². The van der Waals surface area contributed by atoms with Crippen LogP contribution in [0.3, 0.4) is 0 Å². The highest BCUT2D eigenvalue weighted by Gasteiger charge is 2.63. The second kappa shape index (κ2) is 3.05. The van der Waals surface area contributed by atoms with Crippen molar-refractivity contribution >= 4 is 28.4 Å². The van der Waals surface area contributed by atoms with Gasteiger partial charge in [0.1, 0.15) is 0 Å². The summed E-state index contributed by atoms with van der Waals surface area (Å²) in [4.78, 5) is 29.2. The largest absolute Gasteiger partial charge is 0.281 e. The summed E-state index contributed by atoms with van der Waals surface area (Å²) in [7, 11) is 0. The van der Waals surface area contributed by atoms with Crippen molar-refractivity contribution in [3.63, 3.8) is 0 Å². The first-order valence-corrected chi connectivity index (χ1v) is 4.49. The second-order valence-corrected chi connectivity index (χ2v) is 3.69. The van der Waals surface area contributed by atoms with Gasteiger partial charge in [-0.05, 0) is 11.6 Å². The number of hydrogen-bond donors (Lipinski definition) is 0. The number of halogens is 2. The summed E-state index contributed by atoms with van der Waals surface area (Å²) in [6.45, 7) is 0. The number of alkyl halides is 1. The van der Waals surface area contributed by atoms with E-state index in [1.54, 1.807) is 0 Å². The molecule has 7 heteroatoms. The van der Waals surface area contributed by atoms with E-state index in [0.29, 0.717) is 0 Å². The molecule has 13 heavy (non-hydrogen) atoms. The molecule has 0 saturated carbocycles. The molecule has 0 N–H and O–H groups in total. The van der Waals surface area contributed by atoms with Crippen LogP contribution < -0.4 is 0 Å². The van der Waals surface area contributed by atoms with Crippen LogP contribution >= 0.6 is 23.2 Å². The molecule has 0 spiro atoms. The van der Waals surface area contributed by atoms with E-state index in [0.717, 1.165) is 0 Å². The van der Waals surface area contributed by atoms with Crippen molar-refractivity contribution in [1.82, 2.24) is 0 Å². The summed E-state index contributed by atoms with van der Waals surface area (Å²) in [5.74, 6) is -1.72. The fourth-order valence-electron chi connectivity index (χ4n) is 1.07. The zero-order valence-electron chi connectivity index (χ0n) is 6.42. The van der Waals surface area contributed by atoms with Crippen molar-refractivity contribution in [2.24, 2.45) is 0 Å². The molecule has 2 heterocycles. The number of carbonyl (C=O) groups is 1. The Morgan fingerprint density at radius 1 is 1.15 bits per heavy atom. The highest BCUT2D eigenvalue weighted by Crippen LogP contribution is 2.48. The molecular weight excluding hydrogens is 223 g/mol. The van der Waals surface area contributed by atoms with Crippen LogP contribution in [0.5, 0.6) is 0 Å². The maximum atomic E-state index is 10.6. The predicted molar refractivity (Wildman–Crippen MR) is 40.6 cm³/mol. The maximum Gasteiger partial charge on any atom is 0.252 e. The monoisotopic (exact) mass is 228 g/mol. The Balaban J connectivity index is 1.90. The molecule has 0 aromatic carbocycles. The molecule has 74 valence electrons. The molecule has 0 amide bonds. The standard InChI is InChI=1S/C6H6Cl2O5/c7-3-6(12-13-6)2-5(10-11-5)1-4(8)9/h1-3H2. The van der Waals surface area contributed by atoms with E-state index in [2.05, 4.69) is 19.6 Å². The Morgan fingerprint density at radius 3 is 2.00 bits per heavy atom. The molecule has 0 atom stereocenters. The van der Waals surface area contributed by atoms with Crippen molar-refractivity contribution in [2.45, 2.75) is 24.4 Å². The Bertz CT molecular complexity index is 235. The molecule has 0 aliphatic carbocycles. The minimum atomic E-state index is -0.996. The highest BCUT2D eigenvalue weighted by molar-refractivity contribution is 6.63. The molecule has 0 bridgehead atoms. The van der Waals surface area contributed by atoms with Crippen LogP contribution in [0, 0.1) is 0 Å². The summed E-state index contributed by atoms with van der Waals surface area (Å²) in [6.07, 6.45) is 0.196. The van der Waals surface area contributed by atoms with Crippen LogP contribution in [0.2, 0.25) is 0 Å². The fourth-order valence-corrected chi connectivity index (χ4v) is 1.46. The molecule has 0 radical (unpaired) electrons. The normalized spacial score (nSPS) is 26.9. The lowest BCUT2D eigenvalue weighted by Gasteiger charge is -2.05. The SMILES string of the molecule is O=C(Cl)CC1(CC2(CCl)OO2)OO1. The molecule has 2 rings (SSSR count). The summed E-state index contributed by atoms with van der Waals surface area (Å²) >= 11 is 10.7. The molecule has 2 aliphatic heterocycles. The average Bonchev–Trinajstić information content (AvgIpc) is 2.92. The minimum absolute atomic E-state index is 0.0418. The van der Waals surface area contributed by atoms with Crippen LogP contribution in [-0.2, 0) is 24.3 Å². The lowest BCUT2D eigenvalue weighted by Crippen LogP contribution is -2.25. The van der Waals surface area contributed by atoms with Crippen molar-refractivity contribution in [1.29, 1.82) is 0 Å². The molecule has 0 unspecified atom stereocenters. The minimum Gasteiger partial charge on any atom is -0.281 e. The van der Waals surface area contributed by atoms with Crippen molar-refractivity contribution in [2.75, 3.05) is 5.88 Å². The molecule has 2 fully saturated rings. The van der Waals surface area contributed by atoms with Gasteiger partial charge in [0.25, 0.3) is 5.79 Å². The van der Waals surface area contributed by atoms with Crippen molar-refractivity contribution in [3.05, 3.63) is 0 Å². The molecule has 5 nitrogen and oxygen atoms in total. The van der Waals surface area contributed by atoms with Gasteiger partial charge in [-0.25, -0.2) is 0 Å². The maximum absolute atomic E-state index is 10.6. The van der Waals surface area contributed by atoms with Crippen LogP contribution in [-0.4, -0.2) is 22.7 Å². The number of carbonyl (C=O) groups excluding carboxylic acids is 1. The van der Waals surface area contributed by atoms with Gasteiger partial charge < -0.3 is 0 Å². The molecule has 0 aromatic rings. The van der Waals surface area contributed by atoms with Crippen LogP contribution in [0.25, 0.3) is 0 Å². The van der Waals surface area contributed by atoms with E-state index in [4.69, 9.17) is 23.2 Å². The van der Waals surface area contributed by atoms with E-state index < -0.39 is 16.8 Å². The highest BCUT2D eigenvalue weighted by atomic mass is 35.5. The Labute approximate surface area is 83.6 Å². The summed E-state index contributed by atoms with van der Waals surface area (Å²) < 4.78 is 0. The van der Waals surface area contributed by atoms with Gasteiger partial charge in [-0.1, -0.05) is 0 Å². The van der Waals surface area contributed by atoms with Crippen molar-refractivity contribution in [3.8, 4) is 0 Å². The topological polar surface area (TPSA) is 67.2 Å². The molecule has 0 aromatic heterocycles. The van der Waals surface area contributed by atoms with Gasteiger partial charge in [-0.2, -0.15) is 19.6 Å². The van der Waals surface area contributed by atoms with E-state index in [1.807, 2.05) is 0 Å². The van der Waals surface area contributed by atoms with Gasteiger partial charge in [0.2, 0.25) is 11.0 Å². The van der Waals surface area contributed by atoms with Gasteiger partial charge in [-0.3, -0.25) is 4.79 Å².